The number of aliphatic hydroxyl groups is 1. The van der Waals surface area contributed by atoms with Crippen molar-refractivity contribution in [2.24, 2.45) is 11.7 Å². The van der Waals surface area contributed by atoms with Crippen molar-refractivity contribution in [2.75, 3.05) is 13.6 Å². The van der Waals surface area contributed by atoms with Gasteiger partial charge in [0.25, 0.3) is 0 Å². The molecular formula is C18H35N5O5. The second-order valence-corrected chi connectivity index (χ2v) is 7.11. The van der Waals surface area contributed by atoms with Gasteiger partial charge in [0.05, 0.1) is 6.10 Å². The van der Waals surface area contributed by atoms with E-state index in [4.69, 9.17) is 5.73 Å². The van der Waals surface area contributed by atoms with Gasteiger partial charge in [0.15, 0.2) is 0 Å². The van der Waals surface area contributed by atoms with Crippen molar-refractivity contribution in [1.29, 1.82) is 0 Å². The van der Waals surface area contributed by atoms with E-state index in [9.17, 15) is 24.3 Å². The Hall–Kier alpha value is -2.20. The summed E-state index contributed by atoms with van der Waals surface area (Å²) in [7, 11) is 1.48. The largest absolute Gasteiger partial charge is 0.391 e. The molecule has 0 aromatic heterocycles. The van der Waals surface area contributed by atoms with Crippen LogP contribution < -0.4 is 27.0 Å². The van der Waals surface area contributed by atoms with E-state index in [0.717, 1.165) is 0 Å². The Morgan fingerprint density at radius 3 is 1.93 bits per heavy atom. The van der Waals surface area contributed by atoms with Crippen LogP contribution in [0.3, 0.4) is 0 Å². The summed E-state index contributed by atoms with van der Waals surface area (Å²) in [6, 6.07) is -2.88. The normalized spacial score (nSPS) is 15.1. The summed E-state index contributed by atoms with van der Waals surface area (Å²) in [5, 5.41) is 19.9. The Morgan fingerprint density at radius 2 is 1.50 bits per heavy atom. The van der Waals surface area contributed by atoms with E-state index in [1.54, 1.807) is 13.8 Å². The summed E-state index contributed by atoms with van der Waals surface area (Å²) in [6.07, 6.45) is 0.403. The number of carbonyl (C=O) groups is 4. The molecule has 0 bridgehead atoms. The number of nitrogens with two attached hydrogens (primary N) is 1. The van der Waals surface area contributed by atoms with Gasteiger partial charge in [-0.15, -0.1) is 0 Å². The molecule has 0 heterocycles. The van der Waals surface area contributed by atoms with E-state index < -0.39 is 42.0 Å². The van der Waals surface area contributed by atoms with E-state index in [-0.39, 0.29) is 11.8 Å². The highest BCUT2D eigenvalue weighted by Gasteiger charge is 2.31. The summed E-state index contributed by atoms with van der Waals surface area (Å²) in [5.74, 6) is -2.17. The standard InChI is InChI=1S/C18H35N5O5/c1-10(2)14(17(27)20-5)23-16(26)13(8-6-7-9-19)22-18(28)15(11(3)24)21-12(4)25/h10-11,13-15,24H,6-9,19H2,1-5H3,(H,20,27)(H,21,25)(H,22,28)(H,23,26). The molecule has 0 aromatic carbocycles. The molecule has 7 N–H and O–H groups in total. The highest BCUT2D eigenvalue weighted by Crippen LogP contribution is 2.07. The number of hydrogen-bond acceptors (Lipinski definition) is 6. The van der Waals surface area contributed by atoms with Crippen molar-refractivity contribution >= 4 is 23.6 Å². The van der Waals surface area contributed by atoms with Gasteiger partial charge in [0.2, 0.25) is 23.6 Å². The Bertz CT molecular complexity index is 538. The molecule has 28 heavy (non-hydrogen) atoms. The number of likely N-dealkylation sites (N-methyl/N-ethyl adjacent to an activating group) is 1. The van der Waals surface area contributed by atoms with Crippen LogP contribution in [-0.2, 0) is 19.2 Å². The smallest absolute Gasteiger partial charge is 0.245 e. The van der Waals surface area contributed by atoms with Crippen molar-refractivity contribution in [1.82, 2.24) is 21.3 Å². The minimum atomic E-state index is -1.19. The first-order valence-corrected chi connectivity index (χ1v) is 9.52. The van der Waals surface area contributed by atoms with Gasteiger partial charge in [-0.1, -0.05) is 13.8 Å². The number of carbonyl (C=O) groups excluding carboxylic acids is 4. The van der Waals surface area contributed by atoms with E-state index in [1.165, 1.54) is 20.9 Å². The molecule has 0 aromatic rings. The van der Waals surface area contributed by atoms with Crippen molar-refractivity contribution in [3.8, 4) is 0 Å². The van der Waals surface area contributed by atoms with Crippen LogP contribution in [0.5, 0.6) is 0 Å². The predicted molar refractivity (Wildman–Crippen MR) is 105 cm³/mol. The van der Waals surface area contributed by atoms with E-state index >= 15 is 0 Å². The minimum absolute atomic E-state index is 0.158. The monoisotopic (exact) mass is 401 g/mol. The van der Waals surface area contributed by atoms with Gasteiger partial charge in [0.1, 0.15) is 18.1 Å². The number of nitrogens with one attached hydrogen (secondary N) is 4. The summed E-state index contributed by atoms with van der Waals surface area (Å²) < 4.78 is 0. The molecule has 0 spiro atoms. The first-order chi connectivity index (χ1) is 13.0. The second kappa shape index (κ2) is 13.1. The molecule has 0 aliphatic carbocycles. The highest BCUT2D eigenvalue weighted by molar-refractivity contribution is 5.94. The highest BCUT2D eigenvalue weighted by atomic mass is 16.3. The molecule has 162 valence electrons. The van der Waals surface area contributed by atoms with Gasteiger partial charge in [0, 0.05) is 14.0 Å². The van der Waals surface area contributed by atoms with Crippen LogP contribution in [0.4, 0.5) is 0 Å². The third kappa shape index (κ3) is 9.14. The lowest BCUT2D eigenvalue weighted by atomic mass is 10.0. The van der Waals surface area contributed by atoms with Gasteiger partial charge in [-0.3, -0.25) is 19.2 Å². The Balaban J connectivity index is 5.33. The molecular weight excluding hydrogens is 366 g/mol. The average molecular weight is 402 g/mol. The molecule has 0 saturated heterocycles. The topological polar surface area (TPSA) is 163 Å². The van der Waals surface area contributed by atoms with Gasteiger partial charge in [-0.05, 0) is 38.6 Å². The minimum Gasteiger partial charge on any atom is -0.391 e. The molecule has 0 radical (unpaired) electrons. The molecule has 4 atom stereocenters. The zero-order chi connectivity index (χ0) is 21.9. The maximum atomic E-state index is 12.7. The number of hydrogen-bond donors (Lipinski definition) is 6. The van der Waals surface area contributed by atoms with Crippen LogP contribution in [0.15, 0.2) is 0 Å². The Morgan fingerprint density at radius 1 is 0.893 bits per heavy atom. The van der Waals surface area contributed by atoms with Gasteiger partial charge < -0.3 is 32.1 Å². The number of aliphatic hydroxyl groups excluding tert-OH is 1. The first kappa shape index (κ1) is 25.8. The van der Waals surface area contributed by atoms with E-state index in [0.29, 0.717) is 25.8 Å². The van der Waals surface area contributed by atoms with Crippen molar-refractivity contribution < 1.29 is 24.3 Å². The van der Waals surface area contributed by atoms with E-state index in [1.807, 2.05) is 0 Å². The lowest BCUT2D eigenvalue weighted by Gasteiger charge is -2.27. The fourth-order valence-electron chi connectivity index (χ4n) is 2.59. The molecule has 4 unspecified atom stereocenters. The third-order valence-corrected chi connectivity index (χ3v) is 4.20. The Labute approximate surface area is 166 Å². The van der Waals surface area contributed by atoms with Crippen LogP contribution >= 0.6 is 0 Å². The second-order valence-electron chi connectivity index (χ2n) is 7.11. The fourth-order valence-corrected chi connectivity index (χ4v) is 2.59. The molecule has 4 amide bonds. The zero-order valence-corrected chi connectivity index (χ0v) is 17.4. The summed E-state index contributed by atoms with van der Waals surface area (Å²) in [4.78, 5) is 48.5. The zero-order valence-electron chi connectivity index (χ0n) is 17.4. The van der Waals surface area contributed by atoms with Gasteiger partial charge in [-0.2, -0.15) is 0 Å². The maximum absolute atomic E-state index is 12.7. The third-order valence-electron chi connectivity index (χ3n) is 4.20. The van der Waals surface area contributed by atoms with Crippen molar-refractivity contribution in [3.05, 3.63) is 0 Å². The molecule has 10 heteroatoms. The summed E-state index contributed by atoms with van der Waals surface area (Å²) >= 11 is 0. The molecule has 0 rings (SSSR count). The van der Waals surface area contributed by atoms with Crippen molar-refractivity contribution in [3.63, 3.8) is 0 Å². The lowest BCUT2D eigenvalue weighted by Crippen LogP contribution is -2.59. The number of rotatable bonds is 12. The van der Waals surface area contributed by atoms with Gasteiger partial charge >= 0.3 is 0 Å². The molecule has 10 nitrogen and oxygen atoms in total. The fraction of sp³-hybridized carbons (Fsp3) is 0.778. The van der Waals surface area contributed by atoms with E-state index in [2.05, 4.69) is 21.3 Å². The van der Waals surface area contributed by atoms with Gasteiger partial charge in [-0.25, -0.2) is 0 Å². The predicted octanol–water partition coefficient (Wildman–Crippen LogP) is -1.63. The molecule has 0 aliphatic heterocycles. The van der Waals surface area contributed by atoms with Crippen LogP contribution in [-0.4, -0.2) is 66.6 Å². The van der Waals surface area contributed by atoms with Crippen LogP contribution in [0.2, 0.25) is 0 Å². The maximum Gasteiger partial charge on any atom is 0.245 e. The van der Waals surface area contributed by atoms with Crippen LogP contribution in [0.25, 0.3) is 0 Å². The molecule has 0 aliphatic rings. The number of amides is 4. The lowest BCUT2D eigenvalue weighted by molar-refractivity contribution is -0.135. The summed E-state index contributed by atoms with van der Waals surface area (Å²) in [6.45, 7) is 6.62. The molecule has 0 saturated carbocycles. The summed E-state index contributed by atoms with van der Waals surface area (Å²) in [5.41, 5.74) is 5.49. The first-order valence-electron chi connectivity index (χ1n) is 9.52. The Kier molecular flexibility index (Phi) is 12.0. The van der Waals surface area contributed by atoms with Crippen LogP contribution in [0, 0.1) is 5.92 Å². The number of unbranched alkanes of at least 4 members (excludes halogenated alkanes) is 1. The molecule has 0 fully saturated rings. The average Bonchev–Trinajstić information content (AvgIpc) is 2.61. The quantitative estimate of drug-likeness (QED) is 0.215. The van der Waals surface area contributed by atoms with Crippen molar-refractivity contribution in [2.45, 2.75) is 71.2 Å². The van der Waals surface area contributed by atoms with Crippen LogP contribution in [0.1, 0.15) is 47.0 Å². The SMILES string of the molecule is CNC(=O)C(NC(=O)C(CCCCN)NC(=O)C(NC(C)=O)C(C)O)C(C)C.